The van der Waals surface area contributed by atoms with Crippen LogP contribution in [0.5, 0.6) is 0 Å². The van der Waals surface area contributed by atoms with E-state index in [1.165, 1.54) is 0 Å². The molecule has 0 saturated carbocycles. The van der Waals surface area contributed by atoms with Gasteiger partial charge in [-0.25, -0.2) is 0 Å². The first-order valence-corrected chi connectivity index (χ1v) is 4.63. The molecule has 1 rings (SSSR count). The third-order valence-corrected chi connectivity index (χ3v) is 2.18. The fraction of sp³-hybridized carbons (Fsp3) is 0.333. The normalized spacial score (nSPS) is 11.8. The lowest BCUT2D eigenvalue weighted by atomic mass is 9.96. The number of rotatable bonds is 3. The number of Topliss-reactive ketones (excluding diaryl/α,β-unsaturated/α-hetero) is 1. The van der Waals surface area contributed by atoms with Crippen LogP contribution < -0.4 is 0 Å². The molecule has 0 aromatic heterocycles. The molecule has 1 aromatic rings. The molecule has 1 aromatic carbocycles. The van der Waals surface area contributed by atoms with Crippen LogP contribution in [0.15, 0.2) is 24.3 Å². The molecule has 2 nitrogen and oxygen atoms in total. The minimum atomic E-state index is -0.206. The average Bonchev–Trinajstić information content (AvgIpc) is 2.18. The summed E-state index contributed by atoms with van der Waals surface area (Å²) >= 11 is 0. The zero-order valence-electron chi connectivity index (χ0n) is 8.45. The minimum Gasteiger partial charge on any atom is -0.294 e. The molecule has 0 fully saturated rings. The lowest BCUT2D eigenvalue weighted by Crippen LogP contribution is -2.10. The summed E-state index contributed by atoms with van der Waals surface area (Å²) in [6, 6.07) is 9.45. The van der Waals surface area contributed by atoms with Crippen LogP contribution in [-0.4, -0.2) is 5.78 Å². The standard InChI is InChI=1S/C12H13NO/c1-9-3-5-11(6-4-9)12(14)10(2)7-8-13/h3-6,10H,7H2,1-2H3. The van der Waals surface area contributed by atoms with Crippen molar-refractivity contribution in [2.45, 2.75) is 20.3 Å². The predicted octanol–water partition coefficient (Wildman–Crippen LogP) is 2.73. The summed E-state index contributed by atoms with van der Waals surface area (Å²) in [6.45, 7) is 3.76. The number of hydrogen-bond acceptors (Lipinski definition) is 2. The van der Waals surface area contributed by atoms with E-state index in [1.54, 1.807) is 6.92 Å². The second-order valence-electron chi connectivity index (χ2n) is 3.49. The van der Waals surface area contributed by atoms with E-state index >= 15 is 0 Å². The highest BCUT2D eigenvalue weighted by molar-refractivity contribution is 5.97. The van der Waals surface area contributed by atoms with Gasteiger partial charge in [0.05, 0.1) is 6.07 Å². The van der Waals surface area contributed by atoms with E-state index in [1.807, 2.05) is 37.3 Å². The maximum absolute atomic E-state index is 11.7. The van der Waals surface area contributed by atoms with E-state index in [0.717, 1.165) is 5.56 Å². The van der Waals surface area contributed by atoms with Crippen LogP contribution >= 0.6 is 0 Å². The van der Waals surface area contributed by atoms with Gasteiger partial charge in [-0.15, -0.1) is 0 Å². The van der Waals surface area contributed by atoms with Gasteiger partial charge in [0.15, 0.2) is 5.78 Å². The van der Waals surface area contributed by atoms with Gasteiger partial charge in [-0.05, 0) is 6.92 Å². The second-order valence-corrected chi connectivity index (χ2v) is 3.49. The Hall–Kier alpha value is -1.62. The van der Waals surface area contributed by atoms with Crippen molar-refractivity contribution in [3.63, 3.8) is 0 Å². The first-order valence-electron chi connectivity index (χ1n) is 4.63. The molecule has 2 heteroatoms. The first kappa shape index (κ1) is 10.5. The molecular formula is C12H13NO. The van der Waals surface area contributed by atoms with Crippen LogP contribution in [-0.2, 0) is 0 Å². The van der Waals surface area contributed by atoms with E-state index in [4.69, 9.17) is 5.26 Å². The van der Waals surface area contributed by atoms with Gasteiger partial charge in [-0.3, -0.25) is 4.79 Å². The SMILES string of the molecule is Cc1ccc(C(=O)C(C)CC#N)cc1. The monoisotopic (exact) mass is 187 g/mol. The molecule has 0 radical (unpaired) electrons. The van der Waals surface area contributed by atoms with Crippen molar-refractivity contribution in [2.75, 3.05) is 0 Å². The third kappa shape index (κ3) is 2.43. The van der Waals surface area contributed by atoms with Crippen molar-refractivity contribution < 1.29 is 4.79 Å². The van der Waals surface area contributed by atoms with Crippen LogP contribution in [0.1, 0.15) is 29.3 Å². The highest BCUT2D eigenvalue weighted by atomic mass is 16.1. The molecule has 0 amide bonds. The molecule has 0 heterocycles. The Balaban J connectivity index is 2.80. The van der Waals surface area contributed by atoms with Crippen molar-refractivity contribution in [3.8, 4) is 6.07 Å². The quantitative estimate of drug-likeness (QED) is 0.682. The van der Waals surface area contributed by atoms with Gasteiger partial charge >= 0.3 is 0 Å². The Morgan fingerprint density at radius 2 is 2.00 bits per heavy atom. The van der Waals surface area contributed by atoms with E-state index in [2.05, 4.69) is 0 Å². The lowest BCUT2D eigenvalue weighted by molar-refractivity contribution is 0.0932. The highest BCUT2D eigenvalue weighted by Crippen LogP contribution is 2.12. The molecule has 0 aliphatic carbocycles. The number of hydrogen-bond donors (Lipinski definition) is 0. The van der Waals surface area contributed by atoms with Gasteiger partial charge in [0.2, 0.25) is 0 Å². The van der Waals surface area contributed by atoms with Crippen LogP contribution in [0.2, 0.25) is 0 Å². The van der Waals surface area contributed by atoms with Crippen molar-refractivity contribution in [2.24, 2.45) is 5.92 Å². The summed E-state index contributed by atoms with van der Waals surface area (Å²) in [4.78, 5) is 11.7. The van der Waals surface area contributed by atoms with Crippen LogP contribution in [0.3, 0.4) is 0 Å². The Bertz CT molecular complexity index is 359. The largest absolute Gasteiger partial charge is 0.294 e. The van der Waals surface area contributed by atoms with Crippen LogP contribution in [0.4, 0.5) is 0 Å². The number of carbonyl (C=O) groups is 1. The summed E-state index contributed by atoms with van der Waals surface area (Å²) in [5.41, 5.74) is 1.83. The average molecular weight is 187 g/mol. The van der Waals surface area contributed by atoms with Gasteiger partial charge < -0.3 is 0 Å². The maximum atomic E-state index is 11.7. The smallest absolute Gasteiger partial charge is 0.166 e. The molecule has 0 aliphatic heterocycles. The fourth-order valence-electron chi connectivity index (χ4n) is 1.23. The van der Waals surface area contributed by atoms with Crippen LogP contribution in [0, 0.1) is 24.2 Å². The molecule has 0 spiro atoms. The van der Waals surface area contributed by atoms with Gasteiger partial charge in [0, 0.05) is 17.9 Å². The summed E-state index contributed by atoms with van der Waals surface area (Å²) < 4.78 is 0. The van der Waals surface area contributed by atoms with Crippen molar-refractivity contribution >= 4 is 5.78 Å². The van der Waals surface area contributed by atoms with Crippen molar-refractivity contribution in [3.05, 3.63) is 35.4 Å². The molecule has 0 N–H and O–H groups in total. The van der Waals surface area contributed by atoms with E-state index in [0.29, 0.717) is 5.56 Å². The minimum absolute atomic E-state index is 0.0477. The molecule has 72 valence electrons. The van der Waals surface area contributed by atoms with Gasteiger partial charge in [0.25, 0.3) is 0 Å². The summed E-state index contributed by atoms with van der Waals surface area (Å²) in [6.07, 6.45) is 0.284. The number of carbonyl (C=O) groups excluding carboxylic acids is 1. The topological polar surface area (TPSA) is 40.9 Å². The Morgan fingerprint density at radius 1 is 1.43 bits per heavy atom. The zero-order valence-corrected chi connectivity index (χ0v) is 8.45. The number of aryl methyl sites for hydroxylation is 1. The third-order valence-electron chi connectivity index (χ3n) is 2.18. The van der Waals surface area contributed by atoms with Crippen LogP contribution in [0.25, 0.3) is 0 Å². The molecular weight excluding hydrogens is 174 g/mol. The second kappa shape index (κ2) is 4.57. The fourth-order valence-corrected chi connectivity index (χ4v) is 1.23. The Kier molecular flexibility index (Phi) is 3.41. The van der Waals surface area contributed by atoms with E-state index in [-0.39, 0.29) is 18.1 Å². The van der Waals surface area contributed by atoms with Crippen molar-refractivity contribution in [1.29, 1.82) is 5.26 Å². The van der Waals surface area contributed by atoms with Gasteiger partial charge in [0.1, 0.15) is 0 Å². The Morgan fingerprint density at radius 3 is 2.50 bits per heavy atom. The number of benzene rings is 1. The lowest BCUT2D eigenvalue weighted by Gasteiger charge is -2.05. The van der Waals surface area contributed by atoms with E-state index < -0.39 is 0 Å². The van der Waals surface area contributed by atoms with Crippen molar-refractivity contribution in [1.82, 2.24) is 0 Å². The zero-order chi connectivity index (χ0) is 10.6. The number of nitriles is 1. The van der Waals surface area contributed by atoms with E-state index in [9.17, 15) is 4.79 Å². The predicted molar refractivity (Wildman–Crippen MR) is 54.9 cm³/mol. The molecule has 1 atom stereocenters. The molecule has 14 heavy (non-hydrogen) atoms. The summed E-state index contributed by atoms with van der Waals surface area (Å²) in [7, 11) is 0. The van der Waals surface area contributed by atoms with Gasteiger partial charge in [-0.1, -0.05) is 36.8 Å². The molecule has 0 bridgehead atoms. The highest BCUT2D eigenvalue weighted by Gasteiger charge is 2.13. The Labute approximate surface area is 84.2 Å². The molecule has 0 saturated heterocycles. The molecule has 1 unspecified atom stereocenters. The van der Waals surface area contributed by atoms with Gasteiger partial charge in [-0.2, -0.15) is 5.26 Å². The molecule has 0 aliphatic rings. The first-order chi connectivity index (χ1) is 6.65. The maximum Gasteiger partial charge on any atom is 0.166 e. The number of nitrogens with zero attached hydrogens (tertiary/aromatic N) is 1. The number of ketones is 1. The summed E-state index contributed by atoms with van der Waals surface area (Å²) in [5.74, 6) is -0.158. The summed E-state index contributed by atoms with van der Waals surface area (Å²) in [5, 5.41) is 8.47.